The summed E-state index contributed by atoms with van der Waals surface area (Å²) in [6.07, 6.45) is 6.05. The first kappa shape index (κ1) is 16.8. The highest BCUT2D eigenvalue weighted by atomic mass is 16.5. The van der Waals surface area contributed by atoms with E-state index >= 15 is 0 Å². The largest absolute Gasteiger partial charge is 0.497 e. The van der Waals surface area contributed by atoms with Crippen molar-refractivity contribution in [2.24, 2.45) is 5.92 Å². The minimum atomic E-state index is 0.0365. The minimum absolute atomic E-state index is 0.0365. The summed E-state index contributed by atoms with van der Waals surface area (Å²) in [6, 6.07) is 7.46. The number of amides is 2. The zero-order valence-electron chi connectivity index (χ0n) is 14.3. The number of nitrogens with zero attached hydrogens (tertiary/aromatic N) is 1. The van der Waals surface area contributed by atoms with Crippen LogP contribution < -0.4 is 10.1 Å². The molecule has 0 spiro atoms. The summed E-state index contributed by atoms with van der Waals surface area (Å²) in [4.78, 5) is 26.7. The van der Waals surface area contributed by atoms with Crippen LogP contribution in [-0.4, -0.2) is 43.0 Å². The summed E-state index contributed by atoms with van der Waals surface area (Å²) < 4.78 is 5.18. The normalized spacial score (nSPS) is 19.3. The van der Waals surface area contributed by atoms with Gasteiger partial charge in [0.25, 0.3) is 5.91 Å². The van der Waals surface area contributed by atoms with Gasteiger partial charge in [0, 0.05) is 30.6 Å². The topological polar surface area (TPSA) is 58.6 Å². The first-order valence-corrected chi connectivity index (χ1v) is 8.91. The Morgan fingerprint density at radius 3 is 2.50 bits per heavy atom. The number of likely N-dealkylation sites (tertiary alicyclic amines) is 1. The van der Waals surface area contributed by atoms with Gasteiger partial charge in [-0.3, -0.25) is 9.59 Å². The standard InChI is InChI=1S/C19H26N2O3/c1-24-17-8-4-7-15(13-17)19(23)21-11-9-16(10-12-21)20-18(22)14-5-2-3-6-14/h4,7-8,13-14,16H,2-3,5-6,9-12H2,1H3,(H,20,22). The zero-order valence-corrected chi connectivity index (χ0v) is 14.3. The van der Waals surface area contributed by atoms with E-state index in [9.17, 15) is 9.59 Å². The van der Waals surface area contributed by atoms with E-state index in [1.807, 2.05) is 23.1 Å². The van der Waals surface area contributed by atoms with Crippen molar-refractivity contribution in [2.45, 2.75) is 44.6 Å². The molecule has 3 rings (SSSR count). The second kappa shape index (κ2) is 7.69. The fourth-order valence-electron chi connectivity index (χ4n) is 3.67. The molecule has 1 saturated carbocycles. The van der Waals surface area contributed by atoms with Gasteiger partial charge in [-0.25, -0.2) is 0 Å². The maximum atomic E-state index is 12.6. The lowest BCUT2D eigenvalue weighted by molar-refractivity contribution is -0.125. The second-order valence-corrected chi connectivity index (χ2v) is 6.79. The maximum absolute atomic E-state index is 12.6. The van der Waals surface area contributed by atoms with Crippen molar-refractivity contribution in [3.05, 3.63) is 29.8 Å². The smallest absolute Gasteiger partial charge is 0.253 e. The molecule has 2 aliphatic rings. The molecule has 2 amide bonds. The van der Waals surface area contributed by atoms with Gasteiger partial charge in [-0.05, 0) is 43.9 Å². The van der Waals surface area contributed by atoms with Crippen molar-refractivity contribution in [1.29, 1.82) is 0 Å². The quantitative estimate of drug-likeness (QED) is 0.923. The lowest BCUT2D eigenvalue weighted by Crippen LogP contribution is -2.47. The van der Waals surface area contributed by atoms with Crippen molar-refractivity contribution in [2.75, 3.05) is 20.2 Å². The van der Waals surface area contributed by atoms with Crippen molar-refractivity contribution in [1.82, 2.24) is 10.2 Å². The number of nitrogens with one attached hydrogen (secondary N) is 1. The summed E-state index contributed by atoms with van der Waals surface area (Å²) in [5.41, 5.74) is 0.655. The number of ether oxygens (including phenoxy) is 1. The number of methoxy groups -OCH3 is 1. The molecule has 1 saturated heterocycles. The molecule has 0 aromatic heterocycles. The molecule has 1 N–H and O–H groups in total. The molecular formula is C19H26N2O3. The van der Waals surface area contributed by atoms with Crippen molar-refractivity contribution in [3.63, 3.8) is 0 Å². The van der Waals surface area contributed by atoms with Crippen LogP contribution in [-0.2, 0) is 4.79 Å². The predicted molar refractivity (Wildman–Crippen MR) is 92.0 cm³/mol. The lowest BCUT2D eigenvalue weighted by atomic mass is 10.0. The Morgan fingerprint density at radius 2 is 1.83 bits per heavy atom. The first-order chi connectivity index (χ1) is 11.7. The number of carbonyl (C=O) groups is 2. The Kier molecular flexibility index (Phi) is 5.38. The monoisotopic (exact) mass is 330 g/mol. The number of carbonyl (C=O) groups excluding carboxylic acids is 2. The number of benzene rings is 1. The van der Waals surface area contributed by atoms with E-state index in [0.29, 0.717) is 24.4 Å². The molecule has 1 aliphatic carbocycles. The highest BCUT2D eigenvalue weighted by Gasteiger charge is 2.28. The van der Waals surface area contributed by atoms with Gasteiger partial charge in [0.2, 0.25) is 5.91 Å². The molecule has 2 fully saturated rings. The van der Waals surface area contributed by atoms with Gasteiger partial charge in [0.15, 0.2) is 0 Å². The SMILES string of the molecule is COc1cccc(C(=O)N2CCC(NC(=O)C3CCCC3)CC2)c1. The van der Waals surface area contributed by atoms with Crippen LogP contribution in [0, 0.1) is 5.92 Å². The average Bonchev–Trinajstić information content (AvgIpc) is 3.16. The van der Waals surface area contributed by atoms with Gasteiger partial charge < -0.3 is 15.0 Å². The molecule has 5 nitrogen and oxygen atoms in total. The molecule has 0 atom stereocenters. The van der Waals surface area contributed by atoms with Crippen molar-refractivity contribution in [3.8, 4) is 5.75 Å². The maximum Gasteiger partial charge on any atom is 0.253 e. The van der Waals surface area contributed by atoms with Crippen LogP contribution in [0.25, 0.3) is 0 Å². The van der Waals surface area contributed by atoms with Gasteiger partial charge in [-0.2, -0.15) is 0 Å². The van der Waals surface area contributed by atoms with Crippen LogP contribution in [0.2, 0.25) is 0 Å². The van der Waals surface area contributed by atoms with Gasteiger partial charge in [-0.15, -0.1) is 0 Å². The average molecular weight is 330 g/mol. The third kappa shape index (κ3) is 3.89. The van der Waals surface area contributed by atoms with E-state index in [2.05, 4.69) is 5.32 Å². The number of piperidine rings is 1. The van der Waals surface area contributed by atoms with Gasteiger partial charge in [0.05, 0.1) is 7.11 Å². The van der Waals surface area contributed by atoms with Crippen molar-refractivity contribution >= 4 is 11.8 Å². The Labute approximate surface area is 143 Å². The minimum Gasteiger partial charge on any atom is -0.497 e. The Bertz CT molecular complexity index is 588. The number of hydrogen-bond donors (Lipinski definition) is 1. The van der Waals surface area contributed by atoms with E-state index in [0.717, 1.165) is 25.7 Å². The van der Waals surface area contributed by atoms with Crippen LogP contribution in [0.5, 0.6) is 5.75 Å². The van der Waals surface area contributed by atoms with E-state index in [1.165, 1.54) is 12.8 Å². The van der Waals surface area contributed by atoms with E-state index < -0.39 is 0 Å². The molecule has 1 heterocycles. The second-order valence-electron chi connectivity index (χ2n) is 6.79. The summed E-state index contributed by atoms with van der Waals surface area (Å²) in [5, 5.41) is 3.18. The number of hydrogen-bond acceptors (Lipinski definition) is 3. The fourth-order valence-corrected chi connectivity index (χ4v) is 3.67. The molecule has 130 valence electrons. The molecule has 1 aromatic rings. The molecule has 0 unspecified atom stereocenters. The molecule has 1 aliphatic heterocycles. The van der Waals surface area contributed by atoms with Gasteiger partial charge in [-0.1, -0.05) is 18.9 Å². The lowest BCUT2D eigenvalue weighted by Gasteiger charge is -2.33. The molecule has 0 radical (unpaired) electrons. The highest BCUT2D eigenvalue weighted by Crippen LogP contribution is 2.25. The summed E-state index contributed by atoms with van der Waals surface area (Å²) in [7, 11) is 1.60. The van der Waals surface area contributed by atoms with Crippen molar-refractivity contribution < 1.29 is 14.3 Å². The molecule has 5 heteroatoms. The Morgan fingerprint density at radius 1 is 1.12 bits per heavy atom. The zero-order chi connectivity index (χ0) is 16.9. The van der Waals surface area contributed by atoms with Crippen LogP contribution in [0.15, 0.2) is 24.3 Å². The Hall–Kier alpha value is -2.04. The van der Waals surface area contributed by atoms with E-state index in [-0.39, 0.29) is 23.8 Å². The third-order valence-electron chi connectivity index (χ3n) is 5.17. The molecular weight excluding hydrogens is 304 g/mol. The van der Waals surface area contributed by atoms with Gasteiger partial charge in [0.1, 0.15) is 5.75 Å². The van der Waals surface area contributed by atoms with E-state index in [4.69, 9.17) is 4.74 Å². The van der Waals surface area contributed by atoms with Crippen LogP contribution in [0.1, 0.15) is 48.9 Å². The predicted octanol–water partition coefficient (Wildman–Crippen LogP) is 2.61. The number of rotatable bonds is 4. The summed E-state index contributed by atoms with van der Waals surface area (Å²) >= 11 is 0. The summed E-state index contributed by atoms with van der Waals surface area (Å²) in [6.45, 7) is 1.37. The highest BCUT2D eigenvalue weighted by molar-refractivity contribution is 5.94. The molecule has 0 bridgehead atoms. The molecule has 1 aromatic carbocycles. The third-order valence-corrected chi connectivity index (χ3v) is 5.17. The van der Waals surface area contributed by atoms with Gasteiger partial charge >= 0.3 is 0 Å². The van der Waals surface area contributed by atoms with Crippen LogP contribution in [0.3, 0.4) is 0 Å². The van der Waals surface area contributed by atoms with Crippen LogP contribution >= 0.6 is 0 Å². The fraction of sp³-hybridized carbons (Fsp3) is 0.579. The first-order valence-electron chi connectivity index (χ1n) is 8.91. The summed E-state index contributed by atoms with van der Waals surface area (Å²) in [5.74, 6) is 1.15. The Balaban J connectivity index is 1.50. The van der Waals surface area contributed by atoms with Crippen LogP contribution in [0.4, 0.5) is 0 Å². The van der Waals surface area contributed by atoms with E-state index in [1.54, 1.807) is 13.2 Å². The molecule has 24 heavy (non-hydrogen) atoms.